The highest BCUT2D eigenvalue weighted by molar-refractivity contribution is 5.35. The molecule has 0 aliphatic heterocycles. The molecule has 2 rings (SSSR count). The van der Waals surface area contributed by atoms with Gasteiger partial charge in [-0.3, -0.25) is 0 Å². The van der Waals surface area contributed by atoms with Gasteiger partial charge in [0.1, 0.15) is 11.6 Å². The van der Waals surface area contributed by atoms with Crippen molar-refractivity contribution in [2.75, 3.05) is 7.11 Å². The first-order chi connectivity index (χ1) is 8.80. The second-order valence-corrected chi connectivity index (χ2v) is 4.10. The Bertz CT molecular complexity index is 520. The summed E-state index contributed by atoms with van der Waals surface area (Å²) in [4.78, 5) is 4.46. The highest BCUT2D eigenvalue weighted by atomic mass is 16.5. The van der Waals surface area contributed by atoms with Gasteiger partial charge in [0, 0.05) is 31.3 Å². The Morgan fingerprint density at radius 1 is 1.33 bits per heavy atom. The monoisotopic (exact) mass is 245 g/mol. The van der Waals surface area contributed by atoms with Crippen LogP contribution < -0.4 is 10.5 Å². The second kappa shape index (κ2) is 5.69. The number of methoxy groups -OCH3 is 1. The van der Waals surface area contributed by atoms with Crippen molar-refractivity contribution >= 4 is 0 Å². The SMILES string of the molecule is CCn1c(CN)cnc1Cc1ccccc1OC. The Morgan fingerprint density at radius 3 is 2.78 bits per heavy atom. The van der Waals surface area contributed by atoms with Crippen molar-refractivity contribution < 1.29 is 4.74 Å². The number of hydrogen-bond acceptors (Lipinski definition) is 3. The molecule has 1 heterocycles. The first-order valence-electron chi connectivity index (χ1n) is 6.15. The minimum Gasteiger partial charge on any atom is -0.496 e. The number of imidazole rings is 1. The molecule has 0 spiro atoms. The molecule has 1 aromatic carbocycles. The van der Waals surface area contributed by atoms with Crippen molar-refractivity contribution in [2.24, 2.45) is 5.73 Å². The average Bonchev–Trinajstić information content (AvgIpc) is 2.81. The quantitative estimate of drug-likeness (QED) is 0.876. The van der Waals surface area contributed by atoms with Gasteiger partial charge in [0.2, 0.25) is 0 Å². The van der Waals surface area contributed by atoms with Gasteiger partial charge in [-0.25, -0.2) is 4.98 Å². The molecule has 96 valence electrons. The van der Waals surface area contributed by atoms with Crippen molar-refractivity contribution in [2.45, 2.75) is 26.4 Å². The molecular formula is C14H19N3O. The molecule has 2 N–H and O–H groups in total. The molecule has 4 heteroatoms. The zero-order valence-corrected chi connectivity index (χ0v) is 10.9. The summed E-state index contributed by atoms with van der Waals surface area (Å²) in [6, 6.07) is 8.02. The molecule has 0 unspecified atom stereocenters. The molecule has 0 aliphatic rings. The molecular weight excluding hydrogens is 226 g/mol. The molecule has 0 amide bonds. The second-order valence-electron chi connectivity index (χ2n) is 4.10. The third-order valence-corrected chi connectivity index (χ3v) is 3.09. The van der Waals surface area contributed by atoms with E-state index in [2.05, 4.69) is 22.5 Å². The van der Waals surface area contributed by atoms with Crippen LogP contribution >= 0.6 is 0 Å². The Hall–Kier alpha value is -1.81. The molecule has 0 fully saturated rings. The molecule has 1 aromatic heterocycles. The molecule has 0 aliphatic carbocycles. The third kappa shape index (κ3) is 2.38. The fraction of sp³-hybridized carbons (Fsp3) is 0.357. The van der Waals surface area contributed by atoms with Crippen LogP contribution in [0.25, 0.3) is 0 Å². The maximum atomic E-state index is 5.70. The number of hydrogen-bond donors (Lipinski definition) is 1. The summed E-state index contributed by atoms with van der Waals surface area (Å²) in [5.41, 5.74) is 7.92. The molecule has 0 saturated heterocycles. The standard InChI is InChI=1S/C14H19N3O/c1-3-17-12(9-15)10-16-14(17)8-11-6-4-5-7-13(11)18-2/h4-7,10H,3,8-9,15H2,1-2H3. The van der Waals surface area contributed by atoms with Crippen molar-refractivity contribution in [3.63, 3.8) is 0 Å². The molecule has 0 radical (unpaired) electrons. The number of para-hydroxylation sites is 1. The van der Waals surface area contributed by atoms with E-state index in [1.165, 1.54) is 0 Å². The van der Waals surface area contributed by atoms with Gasteiger partial charge in [-0.2, -0.15) is 0 Å². The van der Waals surface area contributed by atoms with Crippen LogP contribution in [0, 0.1) is 0 Å². The minimum atomic E-state index is 0.521. The fourth-order valence-electron chi connectivity index (χ4n) is 2.16. The Morgan fingerprint density at radius 2 is 2.11 bits per heavy atom. The molecule has 4 nitrogen and oxygen atoms in total. The van der Waals surface area contributed by atoms with Crippen LogP contribution in [-0.2, 0) is 19.5 Å². The largest absolute Gasteiger partial charge is 0.496 e. The van der Waals surface area contributed by atoms with Crippen LogP contribution in [0.1, 0.15) is 24.0 Å². The Balaban J connectivity index is 2.31. The van der Waals surface area contributed by atoms with Crippen LogP contribution in [0.4, 0.5) is 0 Å². The van der Waals surface area contributed by atoms with Gasteiger partial charge in [-0.15, -0.1) is 0 Å². The van der Waals surface area contributed by atoms with Crippen LogP contribution in [0.2, 0.25) is 0 Å². The van der Waals surface area contributed by atoms with E-state index in [1.807, 2.05) is 24.4 Å². The number of ether oxygens (including phenoxy) is 1. The summed E-state index contributed by atoms with van der Waals surface area (Å²) >= 11 is 0. The molecule has 0 atom stereocenters. The zero-order chi connectivity index (χ0) is 13.0. The topological polar surface area (TPSA) is 53.1 Å². The van der Waals surface area contributed by atoms with Crippen LogP contribution in [0.5, 0.6) is 5.75 Å². The zero-order valence-electron chi connectivity index (χ0n) is 10.9. The first kappa shape index (κ1) is 12.6. The summed E-state index contributed by atoms with van der Waals surface area (Å²) < 4.78 is 7.52. The van der Waals surface area contributed by atoms with Gasteiger partial charge in [0.05, 0.1) is 12.8 Å². The number of rotatable bonds is 5. The normalized spacial score (nSPS) is 10.6. The first-order valence-corrected chi connectivity index (χ1v) is 6.15. The van der Waals surface area contributed by atoms with Crippen molar-refractivity contribution in [3.8, 4) is 5.75 Å². The number of nitrogens with two attached hydrogens (primary N) is 1. The van der Waals surface area contributed by atoms with E-state index in [0.29, 0.717) is 6.54 Å². The van der Waals surface area contributed by atoms with Gasteiger partial charge >= 0.3 is 0 Å². The van der Waals surface area contributed by atoms with Crippen LogP contribution in [0.15, 0.2) is 30.5 Å². The van der Waals surface area contributed by atoms with E-state index >= 15 is 0 Å². The minimum absolute atomic E-state index is 0.521. The van der Waals surface area contributed by atoms with E-state index in [4.69, 9.17) is 10.5 Å². The lowest BCUT2D eigenvalue weighted by molar-refractivity contribution is 0.410. The van der Waals surface area contributed by atoms with E-state index < -0.39 is 0 Å². The lowest BCUT2D eigenvalue weighted by Gasteiger charge is -2.10. The number of benzene rings is 1. The van der Waals surface area contributed by atoms with Crippen molar-refractivity contribution in [1.82, 2.24) is 9.55 Å². The van der Waals surface area contributed by atoms with Crippen LogP contribution in [-0.4, -0.2) is 16.7 Å². The van der Waals surface area contributed by atoms with Gasteiger partial charge in [0.25, 0.3) is 0 Å². The Kier molecular flexibility index (Phi) is 3.99. The maximum absolute atomic E-state index is 5.70. The average molecular weight is 245 g/mol. The summed E-state index contributed by atoms with van der Waals surface area (Å²) in [5, 5.41) is 0. The number of nitrogens with zero attached hydrogens (tertiary/aromatic N) is 2. The van der Waals surface area contributed by atoms with E-state index in [-0.39, 0.29) is 0 Å². The lowest BCUT2D eigenvalue weighted by atomic mass is 10.1. The van der Waals surface area contributed by atoms with E-state index in [1.54, 1.807) is 7.11 Å². The van der Waals surface area contributed by atoms with Crippen molar-refractivity contribution in [3.05, 3.63) is 47.5 Å². The van der Waals surface area contributed by atoms with E-state index in [0.717, 1.165) is 35.8 Å². The summed E-state index contributed by atoms with van der Waals surface area (Å²) in [6.45, 7) is 3.51. The Labute approximate surface area is 107 Å². The highest BCUT2D eigenvalue weighted by Crippen LogP contribution is 2.21. The van der Waals surface area contributed by atoms with Gasteiger partial charge in [-0.1, -0.05) is 18.2 Å². The van der Waals surface area contributed by atoms with Gasteiger partial charge in [-0.05, 0) is 13.0 Å². The maximum Gasteiger partial charge on any atom is 0.122 e. The highest BCUT2D eigenvalue weighted by Gasteiger charge is 2.10. The molecule has 18 heavy (non-hydrogen) atoms. The summed E-state index contributed by atoms with van der Waals surface area (Å²) in [7, 11) is 1.69. The smallest absolute Gasteiger partial charge is 0.122 e. The molecule has 0 saturated carbocycles. The fourth-order valence-corrected chi connectivity index (χ4v) is 2.16. The van der Waals surface area contributed by atoms with Crippen molar-refractivity contribution in [1.29, 1.82) is 0 Å². The summed E-state index contributed by atoms with van der Waals surface area (Å²) in [5.74, 6) is 1.93. The summed E-state index contributed by atoms with van der Waals surface area (Å²) in [6.07, 6.45) is 2.62. The number of aromatic nitrogens is 2. The van der Waals surface area contributed by atoms with Gasteiger partial charge < -0.3 is 15.0 Å². The van der Waals surface area contributed by atoms with Gasteiger partial charge in [0.15, 0.2) is 0 Å². The van der Waals surface area contributed by atoms with Crippen LogP contribution in [0.3, 0.4) is 0 Å². The third-order valence-electron chi connectivity index (χ3n) is 3.09. The lowest BCUT2D eigenvalue weighted by Crippen LogP contribution is -2.09. The molecule has 2 aromatic rings. The predicted octanol–water partition coefficient (Wildman–Crippen LogP) is 1.96. The predicted molar refractivity (Wildman–Crippen MR) is 71.6 cm³/mol. The molecule has 0 bridgehead atoms. The van der Waals surface area contributed by atoms with E-state index in [9.17, 15) is 0 Å².